The summed E-state index contributed by atoms with van der Waals surface area (Å²) in [6, 6.07) is 9.34. The number of rotatable bonds is 6. The van der Waals surface area contributed by atoms with Crippen LogP contribution in [-0.4, -0.2) is 84.9 Å². The number of hydrogen-bond acceptors (Lipinski definition) is 4. The molecule has 1 N–H and O–H groups in total. The third-order valence-electron chi connectivity index (χ3n) is 7.19. The summed E-state index contributed by atoms with van der Waals surface area (Å²) in [5, 5.41) is 3.15. The third kappa shape index (κ3) is 4.86. The van der Waals surface area contributed by atoms with Crippen LogP contribution in [0.5, 0.6) is 0 Å². The molecule has 3 unspecified atom stereocenters. The predicted molar refractivity (Wildman–Crippen MR) is 118 cm³/mol. The van der Waals surface area contributed by atoms with Crippen molar-refractivity contribution in [3.63, 3.8) is 0 Å². The van der Waals surface area contributed by atoms with Crippen molar-refractivity contribution in [2.45, 2.75) is 50.6 Å². The average Bonchev–Trinajstić information content (AvgIpc) is 3.17. The Morgan fingerprint density at radius 3 is 2.53 bits per heavy atom. The minimum absolute atomic E-state index is 0.0163. The molecule has 30 heavy (non-hydrogen) atoms. The Hall–Kier alpha value is -1.92. The van der Waals surface area contributed by atoms with Gasteiger partial charge in [-0.15, -0.1) is 0 Å². The Morgan fingerprint density at radius 1 is 1.03 bits per heavy atom. The minimum atomic E-state index is -0.325. The summed E-state index contributed by atoms with van der Waals surface area (Å²) >= 11 is 0. The summed E-state index contributed by atoms with van der Waals surface area (Å²) in [7, 11) is 2.17. The van der Waals surface area contributed by atoms with Crippen LogP contribution >= 0.6 is 0 Å². The Morgan fingerprint density at radius 2 is 1.77 bits per heavy atom. The largest absolute Gasteiger partial charge is 0.354 e. The van der Waals surface area contributed by atoms with Gasteiger partial charge in [0.15, 0.2) is 0 Å². The average molecular weight is 413 g/mol. The molecule has 4 rings (SSSR count). The molecule has 6 nitrogen and oxygen atoms in total. The smallest absolute Gasteiger partial charge is 0.254 e. The third-order valence-corrected chi connectivity index (χ3v) is 7.19. The van der Waals surface area contributed by atoms with E-state index in [2.05, 4.69) is 22.2 Å². The van der Waals surface area contributed by atoms with E-state index in [9.17, 15) is 9.59 Å². The summed E-state index contributed by atoms with van der Waals surface area (Å²) in [4.78, 5) is 33.2. The molecule has 0 spiro atoms. The molecule has 164 valence electrons. The van der Waals surface area contributed by atoms with E-state index in [0.29, 0.717) is 18.0 Å². The number of fused-ring (bicyclic) bond motifs is 1. The Bertz CT molecular complexity index is 717. The van der Waals surface area contributed by atoms with Gasteiger partial charge in [0.2, 0.25) is 5.91 Å². The molecule has 0 radical (unpaired) electrons. The lowest BCUT2D eigenvalue weighted by Crippen LogP contribution is -2.50. The number of nitrogens with one attached hydrogen (secondary N) is 1. The van der Waals surface area contributed by atoms with Crippen molar-refractivity contribution in [3.05, 3.63) is 35.9 Å². The monoisotopic (exact) mass is 412 g/mol. The molecule has 1 saturated carbocycles. The highest BCUT2D eigenvalue weighted by molar-refractivity contribution is 5.98. The molecule has 6 heteroatoms. The van der Waals surface area contributed by atoms with E-state index in [1.54, 1.807) is 0 Å². The number of nitrogens with zero attached hydrogens (tertiary/aromatic N) is 3. The lowest BCUT2D eigenvalue weighted by molar-refractivity contribution is -0.125. The quantitative estimate of drug-likeness (QED) is 0.728. The van der Waals surface area contributed by atoms with Gasteiger partial charge in [-0.2, -0.15) is 0 Å². The summed E-state index contributed by atoms with van der Waals surface area (Å²) in [5.74, 6) is 0.516. The van der Waals surface area contributed by atoms with Crippen molar-refractivity contribution in [2.75, 3.05) is 46.3 Å². The SMILES string of the molecule is CN1CCN(CCCNC(=O)C2CC3CCCCC3N2C(=O)c2ccccc2)CC1. The summed E-state index contributed by atoms with van der Waals surface area (Å²) in [5.41, 5.74) is 0.691. The molecule has 2 aliphatic heterocycles. The topological polar surface area (TPSA) is 55.9 Å². The maximum atomic E-state index is 13.3. The van der Waals surface area contributed by atoms with Crippen LogP contribution in [0.1, 0.15) is 48.9 Å². The summed E-state index contributed by atoms with van der Waals surface area (Å²) in [6.07, 6.45) is 6.30. The van der Waals surface area contributed by atoms with Crippen molar-refractivity contribution < 1.29 is 9.59 Å². The molecule has 2 amide bonds. The van der Waals surface area contributed by atoms with Crippen LogP contribution in [-0.2, 0) is 4.79 Å². The second kappa shape index (κ2) is 9.92. The van der Waals surface area contributed by atoms with Gasteiger partial charge in [0.1, 0.15) is 6.04 Å². The van der Waals surface area contributed by atoms with E-state index in [0.717, 1.165) is 64.8 Å². The normalized spacial score (nSPS) is 27.6. The van der Waals surface area contributed by atoms with Crippen LogP contribution in [0.4, 0.5) is 0 Å². The van der Waals surface area contributed by atoms with Crippen LogP contribution in [0, 0.1) is 5.92 Å². The zero-order chi connectivity index (χ0) is 20.9. The number of benzene rings is 1. The zero-order valence-corrected chi connectivity index (χ0v) is 18.3. The maximum absolute atomic E-state index is 13.3. The van der Waals surface area contributed by atoms with Gasteiger partial charge in [-0.1, -0.05) is 31.0 Å². The predicted octanol–water partition coefficient (Wildman–Crippen LogP) is 2.21. The van der Waals surface area contributed by atoms with E-state index in [1.807, 2.05) is 35.2 Å². The number of likely N-dealkylation sites (tertiary alicyclic amines) is 1. The molecule has 2 heterocycles. The van der Waals surface area contributed by atoms with E-state index in [-0.39, 0.29) is 23.9 Å². The first-order valence-electron chi connectivity index (χ1n) is 11.7. The molecule has 0 aromatic heterocycles. The van der Waals surface area contributed by atoms with E-state index < -0.39 is 0 Å². The lowest BCUT2D eigenvalue weighted by Gasteiger charge is -2.34. The molecular formula is C24H36N4O2. The van der Waals surface area contributed by atoms with E-state index in [1.165, 1.54) is 6.42 Å². The van der Waals surface area contributed by atoms with Gasteiger partial charge in [-0.05, 0) is 57.3 Å². The molecular weight excluding hydrogens is 376 g/mol. The number of hydrogen-bond donors (Lipinski definition) is 1. The number of amides is 2. The van der Waals surface area contributed by atoms with Crippen molar-refractivity contribution in [1.82, 2.24) is 20.0 Å². The number of piperazine rings is 1. The fourth-order valence-electron chi connectivity index (χ4n) is 5.42. The lowest BCUT2D eigenvalue weighted by atomic mass is 9.84. The molecule has 2 saturated heterocycles. The van der Waals surface area contributed by atoms with Gasteiger partial charge in [-0.3, -0.25) is 9.59 Å². The Kier molecular flexibility index (Phi) is 7.05. The van der Waals surface area contributed by atoms with Crippen LogP contribution in [0.15, 0.2) is 30.3 Å². The van der Waals surface area contributed by atoms with Crippen LogP contribution in [0.2, 0.25) is 0 Å². The Labute approximate surface area is 180 Å². The first-order chi connectivity index (χ1) is 14.6. The van der Waals surface area contributed by atoms with Gasteiger partial charge in [0.05, 0.1) is 0 Å². The van der Waals surface area contributed by atoms with E-state index in [4.69, 9.17) is 0 Å². The fourth-order valence-corrected chi connectivity index (χ4v) is 5.42. The van der Waals surface area contributed by atoms with Crippen molar-refractivity contribution in [2.24, 2.45) is 5.92 Å². The second-order valence-corrected chi connectivity index (χ2v) is 9.23. The second-order valence-electron chi connectivity index (χ2n) is 9.23. The first-order valence-corrected chi connectivity index (χ1v) is 11.7. The minimum Gasteiger partial charge on any atom is -0.354 e. The molecule has 1 aromatic carbocycles. The standard InChI is InChI=1S/C24H36N4O2/c1-26-14-16-27(17-15-26)13-7-12-25-23(29)22-18-20-10-5-6-11-21(20)28(22)24(30)19-8-3-2-4-9-19/h2-4,8-9,20-22H,5-7,10-18H2,1H3,(H,25,29). The number of carbonyl (C=O) groups excluding carboxylic acids is 2. The van der Waals surface area contributed by atoms with Gasteiger partial charge in [0, 0.05) is 44.3 Å². The zero-order valence-electron chi connectivity index (χ0n) is 18.3. The molecule has 1 aliphatic carbocycles. The number of carbonyl (C=O) groups is 2. The highest BCUT2D eigenvalue weighted by Gasteiger charge is 2.47. The van der Waals surface area contributed by atoms with Gasteiger partial charge in [-0.25, -0.2) is 0 Å². The van der Waals surface area contributed by atoms with Crippen molar-refractivity contribution in [3.8, 4) is 0 Å². The molecule has 3 fully saturated rings. The first kappa shape index (κ1) is 21.3. The van der Waals surface area contributed by atoms with Crippen LogP contribution in [0.25, 0.3) is 0 Å². The molecule has 1 aromatic rings. The highest BCUT2D eigenvalue weighted by Crippen LogP contribution is 2.40. The van der Waals surface area contributed by atoms with Crippen molar-refractivity contribution >= 4 is 11.8 Å². The van der Waals surface area contributed by atoms with Crippen molar-refractivity contribution in [1.29, 1.82) is 0 Å². The summed E-state index contributed by atoms with van der Waals surface area (Å²) < 4.78 is 0. The van der Waals surface area contributed by atoms with Gasteiger partial charge < -0.3 is 20.0 Å². The molecule has 3 aliphatic rings. The van der Waals surface area contributed by atoms with Gasteiger partial charge >= 0.3 is 0 Å². The molecule has 3 atom stereocenters. The summed E-state index contributed by atoms with van der Waals surface area (Å²) in [6.45, 7) is 6.16. The maximum Gasteiger partial charge on any atom is 0.254 e. The van der Waals surface area contributed by atoms with Crippen LogP contribution in [0.3, 0.4) is 0 Å². The van der Waals surface area contributed by atoms with Gasteiger partial charge in [0.25, 0.3) is 5.91 Å². The number of likely N-dealkylation sites (N-methyl/N-ethyl adjacent to an activating group) is 1. The highest BCUT2D eigenvalue weighted by atomic mass is 16.2. The molecule has 0 bridgehead atoms. The Balaban J connectivity index is 1.34. The van der Waals surface area contributed by atoms with E-state index >= 15 is 0 Å². The van der Waals surface area contributed by atoms with Crippen LogP contribution < -0.4 is 5.32 Å². The fraction of sp³-hybridized carbons (Fsp3) is 0.667.